The predicted octanol–water partition coefficient (Wildman–Crippen LogP) is 1.49. The van der Waals surface area contributed by atoms with Gasteiger partial charge >= 0.3 is 0 Å². The molecule has 2 aromatic rings. The molecule has 1 aromatic carbocycles. The summed E-state index contributed by atoms with van der Waals surface area (Å²) in [5.74, 6) is 1.33. The molecular weight excluding hydrogens is 328 g/mol. The molecule has 9 heteroatoms. The third-order valence-electron chi connectivity index (χ3n) is 3.17. The normalized spacial score (nSPS) is 10.7. The van der Waals surface area contributed by atoms with Crippen LogP contribution in [0, 0.1) is 0 Å². The zero-order valence-corrected chi connectivity index (χ0v) is 14.6. The third kappa shape index (κ3) is 4.79. The number of nitrogens with zero attached hydrogens (tertiary/aromatic N) is 4. The van der Waals surface area contributed by atoms with Crippen molar-refractivity contribution < 1.29 is 9.59 Å². The first kappa shape index (κ1) is 17.9. The maximum Gasteiger partial charge on any atom is 0.251 e. The predicted molar refractivity (Wildman–Crippen MR) is 92.8 cm³/mol. The summed E-state index contributed by atoms with van der Waals surface area (Å²) in [6, 6.07) is 6.92. The van der Waals surface area contributed by atoms with Crippen LogP contribution >= 0.6 is 11.8 Å². The van der Waals surface area contributed by atoms with E-state index >= 15 is 0 Å². The fourth-order valence-corrected chi connectivity index (χ4v) is 2.72. The van der Waals surface area contributed by atoms with Gasteiger partial charge in [-0.1, -0.05) is 0 Å². The van der Waals surface area contributed by atoms with Gasteiger partial charge < -0.3 is 10.6 Å². The molecule has 0 fully saturated rings. The van der Waals surface area contributed by atoms with Gasteiger partial charge in [0.05, 0.1) is 17.5 Å². The van der Waals surface area contributed by atoms with E-state index in [1.54, 1.807) is 36.0 Å². The minimum Gasteiger partial charge on any atom is -0.355 e. The molecule has 8 nitrogen and oxygen atoms in total. The molecule has 24 heavy (non-hydrogen) atoms. The molecule has 0 aliphatic carbocycles. The molecular formula is C15H20N6O2S. The summed E-state index contributed by atoms with van der Waals surface area (Å²) < 4.78 is 1.74. The van der Waals surface area contributed by atoms with Gasteiger partial charge in [0.1, 0.15) is 0 Å². The van der Waals surface area contributed by atoms with Gasteiger partial charge in [-0.15, -0.1) is 16.9 Å². The monoisotopic (exact) mass is 348 g/mol. The first-order valence-corrected chi connectivity index (χ1v) is 8.63. The molecule has 2 amide bonds. The Bertz CT molecular complexity index is 698. The number of hydrogen-bond donors (Lipinski definition) is 2. The number of thioether (sulfide) groups is 1. The molecule has 2 rings (SSSR count). The molecule has 1 aromatic heterocycles. The number of aromatic nitrogens is 4. The number of amides is 2. The van der Waals surface area contributed by atoms with E-state index in [1.807, 2.05) is 13.8 Å². The Kier molecular flexibility index (Phi) is 6.30. The summed E-state index contributed by atoms with van der Waals surface area (Å²) in [4.78, 5) is 23.4. The van der Waals surface area contributed by atoms with Crippen molar-refractivity contribution in [3.63, 3.8) is 0 Å². The van der Waals surface area contributed by atoms with Crippen LogP contribution in [0.2, 0.25) is 0 Å². The van der Waals surface area contributed by atoms with Gasteiger partial charge in [0.25, 0.3) is 5.91 Å². The quantitative estimate of drug-likeness (QED) is 0.786. The Balaban J connectivity index is 1.81. The Morgan fingerprint density at radius 2 is 1.96 bits per heavy atom. The lowest BCUT2D eigenvalue weighted by Gasteiger charge is -2.08. The minimum atomic E-state index is -0.161. The van der Waals surface area contributed by atoms with Crippen molar-refractivity contribution in [3.05, 3.63) is 35.7 Å². The van der Waals surface area contributed by atoms with Gasteiger partial charge in [0.15, 0.2) is 5.82 Å². The molecule has 2 N–H and O–H groups in total. The fourth-order valence-electron chi connectivity index (χ4n) is 1.99. The summed E-state index contributed by atoms with van der Waals surface area (Å²) in [5.41, 5.74) is 1.20. The number of tetrazole rings is 1. The van der Waals surface area contributed by atoms with E-state index in [0.29, 0.717) is 22.8 Å². The minimum absolute atomic E-state index is 0.115. The van der Waals surface area contributed by atoms with E-state index in [9.17, 15) is 9.59 Å². The lowest BCUT2D eigenvalue weighted by molar-refractivity contribution is -0.113. The molecule has 0 saturated carbocycles. The lowest BCUT2D eigenvalue weighted by atomic mass is 10.2. The molecule has 0 aliphatic rings. The van der Waals surface area contributed by atoms with Gasteiger partial charge in [0.2, 0.25) is 5.91 Å². The summed E-state index contributed by atoms with van der Waals surface area (Å²) in [6.45, 7) is 4.00. The Labute approximate surface area is 144 Å². The molecule has 0 saturated heterocycles. The van der Waals surface area contributed by atoms with Crippen LogP contribution in [-0.2, 0) is 10.5 Å². The van der Waals surface area contributed by atoms with Gasteiger partial charge in [0, 0.05) is 18.3 Å². The SMILES string of the molecule is CNC(=O)c1ccc(NC(=O)CSCc2nnnn2C(C)C)cc1. The average Bonchev–Trinajstić information content (AvgIpc) is 3.03. The van der Waals surface area contributed by atoms with E-state index < -0.39 is 0 Å². The number of nitrogens with one attached hydrogen (secondary N) is 2. The van der Waals surface area contributed by atoms with Crippen molar-refractivity contribution >= 4 is 29.3 Å². The van der Waals surface area contributed by atoms with Crippen LogP contribution in [0.3, 0.4) is 0 Å². The average molecular weight is 348 g/mol. The molecule has 1 heterocycles. The molecule has 0 aliphatic heterocycles. The van der Waals surface area contributed by atoms with Crippen LogP contribution in [0.25, 0.3) is 0 Å². The third-order valence-corrected chi connectivity index (χ3v) is 4.10. The van der Waals surface area contributed by atoms with Gasteiger partial charge in [-0.25, -0.2) is 4.68 Å². The van der Waals surface area contributed by atoms with Crippen LogP contribution in [0.5, 0.6) is 0 Å². The second kappa shape index (κ2) is 8.44. The van der Waals surface area contributed by atoms with Crippen LogP contribution in [-0.4, -0.2) is 44.8 Å². The van der Waals surface area contributed by atoms with Crippen molar-refractivity contribution in [1.82, 2.24) is 25.5 Å². The highest BCUT2D eigenvalue weighted by molar-refractivity contribution is 7.99. The Hall–Kier alpha value is -2.42. The Morgan fingerprint density at radius 3 is 2.58 bits per heavy atom. The highest BCUT2D eigenvalue weighted by Crippen LogP contribution is 2.14. The summed E-state index contributed by atoms with van der Waals surface area (Å²) in [5, 5.41) is 16.9. The molecule has 0 bridgehead atoms. The second-order valence-electron chi connectivity index (χ2n) is 5.33. The van der Waals surface area contributed by atoms with E-state index in [4.69, 9.17) is 0 Å². The van der Waals surface area contributed by atoms with Crippen molar-refractivity contribution in [2.75, 3.05) is 18.1 Å². The molecule has 0 atom stereocenters. The number of rotatable bonds is 7. The van der Waals surface area contributed by atoms with Crippen molar-refractivity contribution in [1.29, 1.82) is 0 Å². The number of carbonyl (C=O) groups excluding carboxylic acids is 2. The lowest BCUT2D eigenvalue weighted by Crippen LogP contribution is -2.18. The smallest absolute Gasteiger partial charge is 0.251 e. The zero-order chi connectivity index (χ0) is 17.5. The van der Waals surface area contributed by atoms with E-state index in [2.05, 4.69) is 26.2 Å². The summed E-state index contributed by atoms with van der Waals surface area (Å²) in [7, 11) is 1.57. The molecule has 128 valence electrons. The fraction of sp³-hybridized carbons (Fsp3) is 0.400. The molecule has 0 spiro atoms. The van der Waals surface area contributed by atoms with E-state index in [-0.39, 0.29) is 17.9 Å². The van der Waals surface area contributed by atoms with Gasteiger partial charge in [-0.2, -0.15) is 0 Å². The number of carbonyl (C=O) groups is 2. The second-order valence-corrected chi connectivity index (χ2v) is 6.32. The van der Waals surface area contributed by atoms with Crippen LogP contribution in [0.4, 0.5) is 5.69 Å². The van der Waals surface area contributed by atoms with Crippen molar-refractivity contribution in [3.8, 4) is 0 Å². The van der Waals surface area contributed by atoms with Crippen molar-refractivity contribution in [2.24, 2.45) is 0 Å². The number of benzene rings is 1. The number of hydrogen-bond acceptors (Lipinski definition) is 6. The van der Waals surface area contributed by atoms with Gasteiger partial charge in [-0.05, 0) is 48.5 Å². The number of anilines is 1. The molecule has 0 radical (unpaired) electrons. The van der Waals surface area contributed by atoms with Crippen molar-refractivity contribution in [2.45, 2.75) is 25.6 Å². The standard InChI is InChI=1S/C15H20N6O2S/c1-10(2)21-13(18-19-20-21)8-24-9-14(22)17-12-6-4-11(5-7-12)15(23)16-3/h4-7,10H,8-9H2,1-3H3,(H,16,23)(H,17,22). The van der Waals surface area contributed by atoms with Crippen LogP contribution < -0.4 is 10.6 Å². The topological polar surface area (TPSA) is 102 Å². The highest BCUT2D eigenvalue weighted by Gasteiger charge is 2.10. The van der Waals surface area contributed by atoms with E-state index in [1.165, 1.54) is 11.8 Å². The van der Waals surface area contributed by atoms with Gasteiger partial charge in [-0.3, -0.25) is 9.59 Å². The maximum absolute atomic E-state index is 12.0. The first-order valence-electron chi connectivity index (χ1n) is 7.47. The first-order chi connectivity index (χ1) is 11.5. The van der Waals surface area contributed by atoms with E-state index in [0.717, 1.165) is 5.82 Å². The Morgan fingerprint density at radius 1 is 1.25 bits per heavy atom. The van der Waals surface area contributed by atoms with Crippen LogP contribution in [0.1, 0.15) is 36.1 Å². The summed E-state index contributed by atoms with van der Waals surface area (Å²) in [6.07, 6.45) is 0. The summed E-state index contributed by atoms with van der Waals surface area (Å²) >= 11 is 1.44. The highest BCUT2D eigenvalue weighted by atomic mass is 32.2. The largest absolute Gasteiger partial charge is 0.355 e. The van der Waals surface area contributed by atoms with Crippen LogP contribution in [0.15, 0.2) is 24.3 Å². The maximum atomic E-state index is 12.0. The zero-order valence-electron chi connectivity index (χ0n) is 13.8. The molecule has 0 unspecified atom stereocenters.